The van der Waals surface area contributed by atoms with E-state index in [1.807, 2.05) is 6.92 Å². The number of rotatable bonds is 6. The summed E-state index contributed by atoms with van der Waals surface area (Å²) in [7, 11) is 0. The maximum absolute atomic E-state index is 10.7. The third-order valence-corrected chi connectivity index (χ3v) is 1.93. The molecule has 0 unspecified atom stereocenters. The van der Waals surface area contributed by atoms with E-state index in [4.69, 9.17) is 9.47 Å². The normalized spacial score (nSPS) is 10.2. The lowest BCUT2D eigenvalue weighted by Crippen LogP contribution is -2.05. The summed E-state index contributed by atoms with van der Waals surface area (Å²) < 4.78 is 10.9. The van der Waals surface area contributed by atoms with Crippen molar-refractivity contribution in [1.82, 2.24) is 0 Å². The van der Waals surface area contributed by atoms with Gasteiger partial charge in [-0.2, -0.15) is 0 Å². The Balaban J connectivity index is 2.81. The van der Waals surface area contributed by atoms with Crippen molar-refractivity contribution in [2.75, 3.05) is 13.2 Å². The highest BCUT2D eigenvalue weighted by Gasteiger charge is 2.03. The van der Waals surface area contributed by atoms with Crippen LogP contribution in [-0.2, 0) is 0 Å². The van der Waals surface area contributed by atoms with Gasteiger partial charge in [-0.25, -0.2) is 0 Å². The molecule has 1 rings (SSSR count). The number of hydrogen-bond acceptors (Lipinski definition) is 3. The Kier molecular flexibility index (Phi) is 4.83. The Morgan fingerprint density at radius 2 is 1.81 bits per heavy atom. The molecule has 16 heavy (non-hydrogen) atoms. The average Bonchev–Trinajstić information content (AvgIpc) is 2.26. The van der Waals surface area contributed by atoms with Crippen LogP contribution in [-0.4, -0.2) is 19.5 Å². The van der Waals surface area contributed by atoms with Crippen molar-refractivity contribution in [2.45, 2.75) is 20.8 Å². The number of carbonyl (C=O) groups excluding carboxylic acids is 1. The molecule has 0 bridgehead atoms. The highest BCUT2D eigenvalue weighted by molar-refractivity contribution is 5.76. The van der Waals surface area contributed by atoms with Gasteiger partial charge in [-0.1, -0.05) is 13.8 Å². The predicted octanol–water partition coefficient (Wildman–Crippen LogP) is 2.93. The van der Waals surface area contributed by atoms with Gasteiger partial charge in [-0.3, -0.25) is 4.79 Å². The molecule has 3 heteroatoms. The second kappa shape index (κ2) is 6.16. The molecule has 0 aliphatic rings. The maximum Gasteiger partial charge on any atom is 0.150 e. The van der Waals surface area contributed by atoms with Crippen LogP contribution >= 0.6 is 0 Å². The van der Waals surface area contributed by atoms with Crippen molar-refractivity contribution in [3.8, 4) is 11.5 Å². The average molecular weight is 222 g/mol. The minimum absolute atomic E-state index is 0.454. The second-order valence-electron chi connectivity index (χ2n) is 3.99. The highest BCUT2D eigenvalue weighted by atomic mass is 16.5. The molecular weight excluding hydrogens is 204 g/mol. The van der Waals surface area contributed by atoms with E-state index < -0.39 is 0 Å². The summed E-state index contributed by atoms with van der Waals surface area (Å²) in [6.45, 7) is 7.27. The van der Waals surface area contributed by atoms with Gasteiger partial charge in [0.25, 0.3) is 0 Å². The number of aldehydes is 1. The lowest BCUT2D eigenvalue weighted by atomic mass is 10.2. The number of benzene rings is 1. The zero-order valence-corrected chi connectivity index (χ0v) is 10.0. The summed E-state index contributed by atoms with van der Waals surface area (Å²) in [5.74, 6) is 1.81. The Hall–Kier alpha value is -1.51. The van der Waals surface area contributed by atoms with E-state index in [0.29, 0.717) is 36.2 Å². The van der Waals surface area contributed by atoms with Crippen LogP contribution in [0.4, 0.5) is 0 Å². The van der Waals surface area contributed by atoms with Crippen LogP contribution in [0.5, 0.6) is 11.5 Å². The Labute approximate surface area is 96.4 Å². The quantitative estimate of drug-likeness (QED) is 0.694. The van der Waals surface area contributed by atoms with Crippen LogP contribution in [0, 0.1) is 5.92 Å². The van der Waals surface area contributed by atoms with Crippen LogP contribution in [0.2, 0.25) is 0 Å². The highest BCUT2D eigenvalue weighted by Crippen LogP contribution is 2.22. The van der Waals surface area contributed by atoms with Gasteiger partial charge in [0.15, 0.2) is 0 Å². The molecule has 0 atom stereocenters. The fourth-order valence-electron chi connectivity index (χ4n) is 1.26. The first-order chi connectivity index (χ1) is 7.65. The molecule has 0 amide bonds. The van der Waals surface area contributed by atoms with Gasteiger partial charge in [-0.15, -0.1) is 0 Å². The van der Waals surface area contributed by atoms with Gasteiger partial charge in [0.05, 0.1) is 13.2 Å². The molecule has 0 N–H and O–H groups in total. The monoisotopic (exact) mass is 222 g/mol. The van der Waals surface area contributed by atoms with E-state index in [9.17, 15) is 4.79 Å². The summed E-state index contributed by atoms with van der Waals surface area (Å²) in [6, 6.07) is 5.23. The van der Waals surface area contributed by atoms with Crippen molar-refractivity contribution < 1.29 is 14.3 Å². The van der Waals surface area contributed by atoms with Crippen LogP contribution in [0.3, 0.4) is 0 Å². The zero-order chi connectivity index (χ0) is 12.0. The Morgan fingerprint density at radius 1 is 1.19 bits per heavy atom. The van der Waals surface area contributed by atoms with Gasteiger partial charge in [0.2, 0.25) is 0 Å². The van der Waals surface area contributed by atoms with Gasteiger partial charge in [0, 0.05) is 11.6 Å². The number of hydrogen-bond donors (Lipinski definition) is 0. The molecule has 0 aromatic heterocycles. The summed E-state index contributed by atoms with van der Waals surface area (Å²) in [4.78, 5) is 10.7. The zero-order valence-electron chi connectivity index (χ0n) is 10.0. The summed E-state index contributed by atoms with van der Waals surface area (Å²) in [5, 5.41) is 0. The third kappa shape index (κ3) is 3.93. The van der Waals surface area contributed by atoms with Crippen LogP contribution in [0.1, 0.15) is 31.1 Å². The van der Waals surface area contributed by atoms with Gasteiger partial charge >= 0.3 is 0 Å². The predicted molar refractivity (Wildman–Crippen MR) is 63.3 cm³/mol. The molecule has 0 heterocycles. The minimum Gasteiger partial charge on any atom is -0.494 e. The first-order valence-corrected chi connectivity index (χ1v) is 5.51. The third-order valence-electron chi connectivity index (χ3n) is 1.93. The fraction of sp³-hybridized carbons (Fsp3) is 0.462. The molecule has 0 fully saturated rings. The molecular formula is C13H18O3. The van der Waals surface area contributed by atoms with E-state index in [2.05, 4.69) is 13.8 Å². The van der Waals surface area contributed by atoms with Crippen molar-refractivity contribution >= 4 is 6.29 Å². The molecule has 0 radical (unpaired) electrons. The molecule has 1 aromatic carbocycles. The summed E-state index contributed by atoms with van der Waals surface area (Å²) >= 11 is 0. The van der Waals surface area contributed by atoms with Gasteiger partial charge in [-0.05, 0) is 25.0 Å². The van der Waals surface area contributed by atoms with Crippen molar-refractivity contribution in [1.29, 1.82) is 0 Å². The smallest absolute Gasteiger partial charge is 0.150 e. The number of carbonyl (C=O) groups is 1. The summed E-state index contributed by atoms with van der Waals surface area (Å²) in [6.07, 6.45) is 0.796. The first-order valence-electron chi connectivity index (χ1n) is 5.51. The largest absolute Gasteiger partial charge is 0.494 e. The van der Waals surface area contributed by atoms with Crippen molar-refractivity contribution in [3.05, 3.63) is 23.8 Å². The van der Waals surface area contributed by atoms with E-state index in [-0.39, 0.29) is 0 Å². The van der Waals surface area contributed by atoms with E-state index in [1.54, 1.807) is 18.2 Å². The Morgan fingerprint density at radius 3 is 2.31 bits per heavy atom. The molecule has 1 aromatic rings. The first kappa shape index (κ1) is 12.6. The minimum atomic E-state index is 0.454. The molecule has 0 aliphatic carbocycles. The van der Waals surface area contributed by atoms with Crippen LogP contribution in [0.15, 0.2) is 18.2 Å². The van der Waals surface area contributed by atoms with Crippen LogP contribution < -0.4 is 9.47 Å². The lowest BCUT2D eigenvalue weighted by Gasteiger charge is -2.11. The fourth-order valence-corrected chi connectivity index (χ4v) is 1.26. The molecule has 0 saturated carbocycles. The lowest BCUT2D eigenvalue weighted by molar-refractivity contribution is 0.112. The van der Waals surface area contributed by atoms with Crippen molar-refractivity contribution in [3.63, 3.8) is 0 Å². The second-order valence-corrected chi connectivity index (χ2v) is 3.99. The molecule has 0 aliphatic heterocycles. The maximum atomic E-state index is 10.7. The van der Waals surface area contributed by atoms with E-state index in [1.165, 1.54) is 0 Å². The summed E-state index contributed by atoms with van der Waals surface area (Å²) in [5.41, 5.74) is 0.574. The number of ether oxygens (including phenoxy) is 2. The van der Waals surface area contributed by atoms with Gasteiger partial charge < -0.3 is 9.47 Å². The van der Waals surface area contributed by atoms with Crippen molar-refractivity contribution in [2.24, 2.45) is 5.92 Å². The van der Waals surface area contributed by atoms with E-state index in [0.717, 1.165) is 6.29 Å². The van der Waals surface area contributed by atoms with Crippen LogP contribution in [0.25, 0.3) is 0 Å². The Bertz CT molecular complexity index is 345. The van der Waals surface area contributed by atoms with Gasteiger partial charge in [0.1, 0.15) is 17.8 Å². The van der Waals surface area contributed by atoms with E-state index >= 15 is 0 Å². The molecule has 0 spiro atoms. The molecule has 88 valence electrons. The topological polar surface area (TPSA) is 35.5 Å². The molecule has 0 saturated heterocycles. The standard InChI is InChI=1S/C13H18O3/c1-4-15-12-5-11(8-14)6-13(7-12)16-9-10(2)3/h5-8,10H,4,9H2,1-3H3. The molecule has 3 nitrogen and oxygen atoms in total. The SMILES string of the molecule is CCOc1cc(C=O)cc(OCC(C)C)c1.